The number of benzene rings is 1. The topological polar surface area (TPSA) is 67.4 Å². The summed E-state index contributed by atoms with van der Waals surface area (Å²) in [6.07, 6.45) is 2.73. The summed E-state index contributed by atoms with van der Waals surface area (Å²) in [6, 6.07) is 4.05. The average molecular weight is 312 g/mol. The number of carbonyl (C=O) groups excluding carboxylic acids is 2. The van der Waals surface area contributed by atoms with Gasteiger partial charge in [-0.05, 0) is 30.4 Å². The third-order valence-corrected chi connectivity index (χ3v) is 4.44. The molecule has 0 amide bonds. The Balaban J connectivity index is 2.14. The van der Waals surface area contributed by atoms with Crippen LogP contribution in [-0.4, -0.2) is 25.1 Å². The fourth-order valence-corrected chi connectivity index (χ4v) is 3.13. The van der Waals surface area contributed by atoms with Gasteiger partial charge in [0, 0.05) is 12.1 Å². The van der Waals surface area contributed by atoms with E-state index in [0.717, 1.165) is 29.9 Å². The lowest BCUT2D eigenvalue weighted by Gasteiger charge is -2.36. The standard InChI is InChI=1S/C18H20N2O3/c1-4-23-17(22)12-9-11-5-6-13-16(15(11)20-14(12)10-21)19-8-7-18(13,2)3/h5-6,9,19-20H,4,7-8H2,1-3H3. The second-order valence-electron chi connectivity index (χ2n) is 6.39. The van der Waals surface area contributed by atoms with Crippen molar-refractivity contribution in [2.75, 3.05) is 23.8 Å². The number of nitrogens with one attached hydrogen (secondary N) is 2. The number of anilines is 2. The van der Waals surface area contributed by atoms with Crippen LogP contribution in [0.15, 0.2) is 23.4 Å². The zero-order valence-electron chi connectivity index (χ0n) is 13.6. The van der Waals surface area contributed by atoms with E-state index < -0.39 is 5.97 Å². The lowest BCUT2D eigenvalue weighted by Crippen LogP contribution is -2.30. The van der Waals surface area contributed by atoms with E-state index in [-0.39, 0.29) is 23.3 Å². The molecule has 5 nitrogen and oxygen atoms in total. The van der Waals surface area contributed by atoms with Gasteiger partial charge < -0.3 is 15.4 Å². The minimum Gasteiger partial charge on any atom is -0.462 e. The Labute approximate surface area is 135 Å². The van der Waals surface area contributed by atoms with Crippen molar-refractivity contribution in [2.45, 2.75) is 32.6 Å². The molecule has 23 heavy (non-hydrogen) atoms. The molecule has 0 saturated heterocycles. The largest absolute Gasteiger partial charge is 0.462 e. The van der Waals surface area contributed by atoms with Crippen molar-refractivity contribution in [3.05, 3.63) is 34.5 Å². The maximum atomic E-state index is 12.0. The molecule has 0 aliphatic carbocycles. The van der Waals surface area contributed by atoms with Crippen LogP contribution in [-0.2, 0) is 19.7 Å². The van der Waals surface area contributed by atoms with Gasteiger partial charge in [-0.3, -0.25) is 0 Å². The Morgan fingerprint density at radius 3 is 2.83 bits per heavy atom. The maximum Gasteiger partial charge on any atom is 0.341 e. The number of esters is 1. The highest BCUT2D eigenvalue weighted by Crippen LogP contribution is 2.44. The van der Waals surface area contributed by atoms with Gasteiger partial charge in [-0.2, -0.15) is 0 Å². The molecule has 1 aromatic rings. The Morgan fingerprint density at radius 2 is 2.13 bits per heavy atom. The highest BCUT2D eigenvalue weighted by Gasteiger charge is 2.32. The third kappa shape index (κ3) is 2.53. The van der Waals surface area contributed by atoms with E-state index >= 15 is 0 Å². The van der Waals surface area contributed by atoms with E-state index in [0.29, 0.717) is 0 Å². The summed E-state index contributed by atoms with van der Waals surface area (Å²) in [5.41, 5.74) is 4.27. The number of hydrogen-bond acceptors (Lipinski definition) is 5. The first-order chi connectivity index (χ1) is 11.0. The number of rotatable bonds is 2. The molecule has 0 aromatic heterocycles. The number of ether oxygens (including phenoxy) is 1. The van der Waals surface area contributed by atoms with E-state index in [4.69, 9.17) is 4.74 Å². The number of fused-ring (bicyclic) bond motifs is 3. The van der Waals surface area contributed by atoms with Crippen LogP contribution in [0.25, 0.3) is 6.08 Å². The number of carbonyl (C=O) groups is 1. The van der Waals surface area contributed by atoms with Gasteiger partial charge in [-0.25, -0.2) is 9.59 Å². The molecule has 5 heteroatoms. The summed E-state index contributed by atoms with van der Waals surface area (Å²) in [5, 5.41) is 6.47. The molecule has 2 N–H and O–H groups in total. The zero-order valence-corrected chi connectivity index (χ0v) is 13.6. The minimum absolute atomic E-state index is 0.0630. The summed E-state index contributed by atoms with van der Waals surface area (Å²) in [6.45, 7) is 7.27. The predicted molar refractivity (Wildman–Crippen MR) is 90.0 cm³/mol. The lowest BCUT2D eigenvalue weighted by atomic mass is 9.77. The Bertz CT molecular complexity index is 756. The van der Waals surface area contributed by atoms with E-state index in [1.165, 1.54) is 5.56 Å². The monoisotopic (exact) mass is 312 g/mol. The van der Waals surface area contributed by atoms with Gasteiger partial charge in [-0.15, -0.1) is 0 Å². The molecule has 0 fully saturated rings. The van der Waals surface area contributed by atoms with Gasteiger partial charge in [0.15, 0.2) is 5.94 Å². The van der Waals surface area contributed by atoms with Crippen LogP contribution >= 0.6 is 0 Å². The molecule has 2 heterocycles. The molecule has 2 aliphatic heterocycles. The first-order valence-corrected chi connectivity index (χ1v) is 7.80. The molecule has 3 rings (SSSR count). The quantitative estimate of drug-likeness (QED) is 0.649. The van der Waals surface area contributed by atoms with Gasteiger partial charge in [0.1, 0.15) is 5.70 Å². The van der Waals surface area contributed by atoms with Crippen molar-refractivity contribution in [3.8, 4) is 0 Å². The van der Waals surface area contributed by atoms with Crippen LogP contribution < -0.4 is 10.6 Å². The fourth-order valence-electron chi connectivity index (χ4n) is 3.13. The molecule has 0 unspecified atom stereocenters. The van der Waals surface area contributed by atoms with Crippen LogP contribution in [0.5, 0.6) is 0 Å². The van der Waals surface area contributed by atoms with Crippen LogP contribution in [0.4, 0.5) is 11.4 Å². The van der Waals surface area contributed by atoms with Gasteiger partial charge in [0.25, 0.3) is 0 Å². The van der Waals surface area contributed by atoms with E-state index in [2.05, 4.69) is 30.5 Å². The van der Waals surface area contributed by atoms with Crippen molar-refractivity contribution >= 4 is 29.4 Å². The van der Waals surface area contributed by atoms with Gasteiger partial charge in [-0.1, -0.05) is 26.0 Å². The molecule has 1 aromatic carbocycles. The Morgan fingerprint density at radius 1 is 1.35 bits per heavy atom. The molecule has 0 radical (unpaired) electrons. The average Bonchev–Trinajstić information content (AvgIpc) is 2.53. The molecule has 0 atom stereocenters. The Kier molecular flexibility index (Phi) is 3.74. The van der Waals surface area contributed by atoms with E-state index in [1.807, 2.05) is 12.0 Å². The first-order valence-electron chi connectivity index (χ1n) is 7.80. The SMILES string of the molecule is CCOC(=O)C1=Cc2ccc3c(c2NC1=C=O)NCCC3(C)C. The van der Waals surface area contributed by atoms with Crippen LogP contribution in [0.2, 0.25) is 0 Å². The Hall–Kier alpha value is -2.52. The second kappa shape index (κ2) is 5.60. The molecule has 120 valence electrons. The van der Waals surface area contributed by atoms with E-state index in [1.54, 1.807) is 13.0 Å². The van der Waals surface area contributed by atoms with Gasteiger partial charge >= 0.3 is 5.97 Å². The van der Waals surface area contributed by atoms with Crippen LogP contribution in [0, 0.1) is 0 Å². The molecular weight excluding hydrogens is 292 g/mol. The summed E-state index contributed by atoms with van der Waals surface area (Å²) < 4.78 is 5.01. The molecule has 0 bridgehead atoms. The molecule has 2 aliphatic rings. The normalized spacial score (nSPS) is 17.7. The zero-order chi connectivity index (χ0) is 16.6. The smallest absolute Gasteiger partial charge is 0.341 e. The number of hydrogen-bond donors (Lipinski definition) is 2. The molecule has 0 spiro atoms. The highest BCUT2D eigenvalue weighted by molar-refractivity contribution is 6.06. The molecular formula is C18H20N2O3. The fraction of sp³-hybridized carbons (Fsp3) is 0.389. The van der Waals surface area contributed by atoms with Crippen LogP contribution in [0.1, 0.15) is 38.3 Å². The van der Waals surface area contributed by atoms with Crippen molar-refractivity contribution < 1.29 is 14.3 Å². The summed E-state index contributed by atoms with van der Waals surface area (Å²) in [4.78, 5) is 23.3. The van der Waals surface area contributed by atoms with Crippen LogP contribution in [0.3, 0.4) is 0 Å². The molecule has 0 saturated carbocycles. The second-order valence-corrected chi connectivity index (χ2v) is 6.39. The highest BCUT2D eigenvalue weighted by atomic mass is 16.5. The summed E-state index contributed by atoms with van der Waals surface area (Å²) in [7, 11) is 0. The summed E-state index contributed by atoms with van der Waals surface area (Å²) in [5.74, 6) is 1.30. The first kappa shape index (κ1) is 15.4. The van der Waals surface area contributed by atoms with Crippen molar-refractivity contribution in [1.82, 2.24) is 0 Å². The van der Waals surface area contributed by atoms with Gasteiger partial charge in [0.05, 0.1) is 23.6 Å². The third-order valence-electron chi connectivity index (χ3n) is 4.44. The van der Waals surface area contributed by atoms with Gasteiger partial charge in [0.2, 0.25) is 0 Å². The minimum atomic E-state index is -0.519. The van der Waals surface area contributed by atoms with Crippen molar-refractivity contribution in [2.24, 2.45) is 0 Å². The van der Waals surface area contributed by atoms with E-state index in [9.17, 15) is 9.59 Å². The van der Waals surface area contributed by atoms with Crippen molar-refractivity contribution in [3.63, 3.8) is 0 Å². The predicted octanol–water partition coefficient (Wildman–Crippen LogP) is 2.87. The van der Waals surface area contributed by atoms with Crippen molar-refractivity contribution in [1.29, 1.82) is 0 Å². The summed E-state index contributed by atoms with van der Waals surface area (Å²) >= 11 is 0. The maximum absolute atomic E-state index is 12.0. The lowest BCUT2D eigenvalue weighted by molar-refractivity contribution is -0.138.